The van der Waals surface area contributed by atoms with Crippen molar-refractivity contribution in [3.8, 4) is 0 Å². The molecule has 132 valence electrons. The van der Waals surface area contributed by atoms with E-state index in [1.165, 1.54) is 0 Å². The summed E-state index contributed by atoms with van der Waals surface area (Å²) in [5, 5.41) is 12.5. The molecule has 0 aliphatic carbocycles. The van der Waals surface area contributed by atoms with Gasteiger partial charge in [-0.05, 0) is 23.8 Å². The van der Waals surface area contributed by atoms with Crippen molar-refractivity contribution < 1.29 is 9.90 Å². The fourth-order valence-corrected chi connectivity index (χ4v) is 3.88. The Morgan fingerprint density at radius 2 is 2.00 bits per heavy atom. The molecule has 0 unspecified atom stereocenters. The summed E-state index contributed by atoms with van der Waals surface area (Å²) < 4.78 is 3.01. The van der Waals surface area contributed by atoms with Gasteiger partial charge in [0.15, 0.2) is 0 Å². The van der Waals surface area contributed by atoms with Crippen LogP contribution in [0.25, 0.3) is 21.3 Å². The maximum absolute atomic E-state index is 12.3. The second kappa shape index (κ2) is 7.23. The standard InChI is InChI=1S/C19H18N4O2S/c24-11-17-22-14-5-1-2-7-16(14)23(17)9-8-18(25)20-10-13-4-3-6-15-19(13)26-12-21-15/h1-7,12,24H,8-11H2,(H,20,25). The monoisotopic (exact) mass is 366 g/mol. The smallest absolute Gasteiger partial charge is 0.222 e. The van der Waals surface area contributed by atoms with Crippen molar-refractivity contribution in [1.29, 1.82) is 0 Å². The highest BCUT2D eigenvalue weighted by molar-refractivity contribution is 7.16. The molecule has 4 aromatic rings. The van der Waals surface area contributed by atoms with Gasteiger partial charge in [0.05, 0.1) is 26.8 Å². The molecule has 0 saturated heterocycles. The first-order chi connectivity index (χ1) is 12.8. The summed E-state index contributed by atoms with van der Waals surface area (Å²) in [5.74, 6) is 0.543. The maximum Gasteiger partial charge on any atom is 0.222 e. The second-order valence-corrected chi connectivity index (χ2v) is 6.83. The minimum Gasteiger partial charge on any atom is -0.388 e. The molecule has 2 aromatic heterocycles. The molecule has 0 radical (unpaired) electrons. The summed E-state index contributed by atoms with van der Waals surface area (Å²) in [6.45, 7) is 0.812. The largest absolute Gasteiger partial charge is 0.388 e. The van der Waals surface area contributed by atoms with Crippen LogP contribution in [0.4, 0.5) is 0 Å². The van der Waals surface area contributed by atoms with E-state index in [0.717, 1.165) is 26.8 Å². The van der Waals surface area contributed by atoms with Crippen LogP contribution in [0, 0.1) is 0 Å². The minimum atomic E-state index is -0.149. The number of para-hydroxylation sites is 2. The Labute approximate surface area is 154 Å². The second-order valence-electron chi connectivity index (χ2n) is 5.97. The molecule has 2 aromatic carbocycles. The van der Waals surface area contributed by atoms with Gasteiger partial charge in [-0.1, -0.05) is 24.3 Å². The number of carbonyl (C=O) groups excluding carboxylic acids is 1. The van der Waals surface area contributed by atoms with Gasteiger partial charge in [0.2, 0.25) is 5.91 Å². The van der Waals surface area contributed by atoms with E-state index in [-0.39, 0.29) is 12.5 Å². The predicted octanol–water partition coefficient (Wildman–Crippen LogP) is 2.84. The van der Waals surface area contributed by atoms with Gasteiger partial charge in [0.1, 0.15) is 12.4 Å². The van der Waals surface area contributed by atoms with Crippen LogP contribution in [0.5, 0.6) is 0 Å². The number of aromatic nitrogens is 3. The van der Waals surface area contributed by atoms with E-state index in [0.29, 0.717) is 25.3 Å². The predicted molar refractivity (Wildman–Crippen MR) is 102 cm³/mol. The van der Waals surface area contributed by atoms with Crippen molar-refractivity contribution in [2.75, 3.05) is 0 Å². The first-order valence-corrected chi connectivity index (χ1v) is 9.27. The zero-order chi connectivity index (χ0) is 17.9. The van der Waals surface area contributed by atoms with E-state index >= 15 is 0 Å². The number of aryl methyl sites for hydroxylation is 1. The van der Waals surface area contributed by atoms with Crippen LogP contribution < -0.4 is 5.32 Å². The van der Waals surface area contributed by atoms with Crippen molar-refractivity contribution in [3.63, 3.8) is 0 Å². The van der Waals surface area contributed by atoms with Gasteiger partial charge in [-0.3, -0.25) is 4.79 Å². The lowest BCUT2D eigenvalue weighted by molar-refractivity contribution is -0.121. The molecule has 7 heteroatoms. The van der Waals surface area contributed by atoms with E-state index in [1.54, 1.807) is 11.3 Å². The van der Waals surface area contributed by atoms with E-state index in [9.17, 15) is 9.90 Å². The van der Waals surface area contributed by atoms with Crippen molar-refractivity contribution in [2.45, 2.75) is 26.1 Å². The maximum atomic E-state index is 12.3. The van der Waals surface area contributed by atoms with Crippen LogP contribution in [0.1, 0.15) is 17.8 Å². The highest BCUT2D eigenvalue weighted by Gasteiger charge is 2.11. The van der Waals surface area contributed by atoms with Gasteiger partial charge < -0.3 is 15.0 Å². The number of nitrogens with one attached hydrogen (secondary N) is 1. The van der Waals surface area contributed by atoms with Gasteiger partial charge in [-0.2, -0.15) is 0 Å². The quantitative estimate of drug-likeness (QED) is 0.550. The Balaban J connectivity index is 1.42. The van der Waals surface area contributed by atoms with Crippen molar-refractivity contribution >= 4 is 38.5 Å². The van der Waals surface area contributed by atoms with Gasteiger partial charge in [0.25, 0.3) is 0 Å². The van der Waals surface area contributed by atoms with Crippen LogP contribution in [0.3, 0.4) is 0 Å². The van der Waals surface area contributed by atoms with Gasteiger partial charge in [0, 0.05) is 19.5 Å². The number of nitrogens with zero attached hydrogens (tertiary/aromatic N) is 3. The lowest BCUT2D eigenvalue weighted by atomic mass is 10.2. The average molecular weight is 366 g/mol. The Morgan fingerprint density at radius 1 is 1.15 bits per heavy atom. The molecule has 6 nitrogen and oxygen atoms in total. The third-order valence-electron chi connectivity index (χ3n) is 4.35. The molecule has 0 saturated carbocycles. The molecular formula is C19H18N4O2S. The number of benzene rings is 2. The number of aliphatic hydroxyl groups excluding tert-OH is 1. The molecular weight excluding hydrogens is 348 g/mol. The molecule has 2 N–H and O–H groups in total. The number of amides is 1. The van der Waals surface area contributed by atoms with Crippen LogP contribution in [-0.4, -0.2) is 25.5 Å². The Hall–Kier alpha value is -2.77. The van der Waals surface area contributed by atoms with Crippen molar-refractivity contribution in [2.24, 2.45) is 0 Å². The normalized spacial score (nSPS) is 11.3. The molecule has 0 fully saturated rings. The molecule has 4 rings (SSSR count). The van der Waals surface area contributed by atoms with Crippen LogP contribution in [0.2, 0.25) is 0 Å². The molecule has 0 aliphatic heterocycles. The fraction of sp³-hybridized carbons (Fsp3) is 0.211. The molecule has 0 spiro atoms. The van der Waals surface area contributed by atoms with Gasteiger partial charge in [-0.15, -0.1) is 11.3 Å². The minimum absolute atomic E-state index is 0.0341. The first-order valence-electron chi connectivity index (χ1n) is 8.39. The average Bonchev–Trinajstić information content (AvgIpc) is 3.29. The van der Waals surface area contributed by atoms with E-state index < -0.39 is 0 Å². The summed E-state index contributed by atoms with van der Waals surface area (Å²) in [5.41, 5.74) is 5.60. The molecule has 0 aliphatic rings. The topological polar surface area (TPSA) is 80.0 Å². The van der Waals surface area contributed by atoms with Gasteiger partial charge >= 0.3 is 0 Å². The van der Waals surface area contributed by atoms with Gasteiger partial charge in [-0.25, -0.2) is 9.97 Å². The number of rotatable bonds is 6. The lowest BCUT2D eigenvalue weighted by Gasteiger charge is -2.09. The van der Waals surface area contributed by atoms with E-state index in [4.69, 9.17) is 0 Å². The van der Waals surface area contributed by atoms with Crippen LogP contribution in [0.15, 0.2) is 48.0 Å². The summed E-state index contributed by atoms with van der Waals surface area (Å²) in [4.78, 5) is 21.0. The van der Waals surface area contributed by atoms with Crippen LogP contribution in [-0.2, 0) is 24.5 Å². The molecule has 2 heterocycles. The molecule has 0 atom stereocenters. The highest BCUT2D eigenvalue weighted by Crippen LogP contribution is 2.22. The van der Waals surface area contributed by atoms with Crippen LogP contribution >= 0.6 is 11.3 Å². The summed E-state index contributed by atoms with van der Waals surface area (Å²) >= 11 is 1.58. The number of hydrogen-bond donors (Lipinski definition) is 2. The number of hydrogen-bond acceptors (Lipinski definition) is 5. The SMILES string of the molecule is O=C(CCn1c(CO)nc2ccccc21)NCc1cccc2ncsc12. The zero-order valence-corrected chi connectivity index (χ0v) is 14.9. The van der Waals surface area contributed by atoms with E-state index in [2.05, 4.69) is 15.3 Å². The number of carbonyl (C=O) groups is 1. The number of thiazole rings is 1. The van der Waals surface area contributed by atoms with E-state index in [1.807, 2.05) is 52.5 Å². The summed E-state index contributed by atoms with van der Waals surface area (Å²) in [6, 6.07) is 13.6. The molecule has 0 bridgehead atoms. The Bertz CT molecular complexity index is 1070. The third-order valence-corrected chi connectivity index (χ3v) is 5.27. The summed E-state index contributed by atoms with van der Waals surface area (Å²) in [6.07, 6.45) is 0.325. The number of aliphatic hydroxyl groups is 1. The molecule has 26 heavy (non-hydrogen) atoms. The Morgan fingerprint density at radius 3 is 2.88 bits per heavy atom. The van der Waals surface area contributed by atoms with Crippen molar-refractivity contribution in [1.82, 2.24) is 19.9 Å². The fourth-order valence-electron chi connectivity index (χ4n) is 3.08. The summed E-state index contributed by atoms with van der Waals surface area (Å²) in [7, 11) is 0. The molecule has 1 amide bonds. The lowest BCUT2D eigenvalue weighted by Crippen LogP contribution is -2.24. The zero-order valence-electron chi connectivity index (χ0n) is 14.1. The Kier molecular flexibility index (Phi) is 4.64. The number of fused-ring (bicyclic) bond motifs is 2. The number of imidazole rings is 1. The highest BCUT2D eigenvalue weighted by atomic mass is 32.1. The third kappa shape index (κ3) is 3.18. The first kappa shape index (κ1) is 16.7. The van der Waals surface area contributed by atoms with Crippen molar-refractivity contribution in [3.05, 3.63) is 59.4 Å².